The molecule has 0 saturated carbocycles. The minimum Gasteiger partial charge on any atom is -0.542 e. The van der Waals surface area contributed by atoms with E-state index in [1.54, 1.807) is 0 Å². The Morgan fingerprint density at radius 3 is 1.89 bits per heavy atom. The van der Waals surface area contributed by atoms with Gasteiger partial charge in [0.1, 0.15) is 5.75 Å². The van der Waals surface area contributed by atoms with Gasteiger partial charge in [0, 0.05) is 5.56 Å². The van der Waals surface area contributed by atoms with Gasteiger partial charge in [-0.3, -0.25) is 0 Å². The Labute approximate surface area is 119 Å². The third-order valence-electron chi connectivity index (χ3n) is 4.32. The minimum atomic E-state index is -1.99. The summed E-state index contributed by atoms with van der Waals surface area (Å²) >= 11 is 0. The summed E-state index contributed by atoms with van der Waals surface area (Å²) in [5.74, 6) is 0.969. The third kappa shape index (κ3) is 3.11. The second kappa shape index (κ2) is 5.16. The summed E-state index contributed by atoms with van der Waals surface area (Å²) in [6.45, 7) is 20.0. The van der Waals surface area contributed by atoms with E-state index in [2.05, 4.69) is 66.8 Å². The zero-order chi connectivity index (χ0) is 14.9. The first-order valence-corrected chi connectivity index (χ1v) is 9.34. The van der Waals surface area contributed by atoms with E-state index in [0.717, 1.165) is 11.3 Å². The predicted molar refractivity (Wildman–Crippen MR) is 88.2 cm³/mol. The van der Waals surface area contributed by atoms with Crippen molar-refractivity contribution < 1.29 is 4.43 Å². The molecular weight excluding hydrogens is 248 g/mol. The van der Waals surface area contributed by atoms with Gasteiger partial charge in [-0.05, 0) is 22.7 Å². The lowest BCUT2D eigenvalue weighted by molar-refractivity contribution is 0.429. The van der Waals surface area contributed by atoms with Gasteiger partial charge in [0.2, 0.25) is 0 Å². The first-order chi connectivity index (χ1) is 8.53. The van der Waals surface area contributed by atoms with Crippen molar-refractivity contribution in [2.45, 2.75) is 58.2 Å². The smallest absolute Gasteiger partial charge is 0.258 e. The summed E-state index contributed by atoms with van der Waals surface area (Å²) in [6.07, 6.45) is 1.87. The SMILES string of the molecule is C=Cc1ccccc1O[Si](C)(C(C)(C)C)C(C)(C)C. The van der Waals surface area contributed by atoms with E-state index >= 15 is 0 Å². The van der Waals surface area contributed by atoms with Crippen LogP contribution >= 0.6 is 0 Å². The fourth-order valence-corrected chi connectivity index (χ4v) is 5.88. The van der Waals surface area contributed by atoms with Crippen LogP contribution in [-0.4, -0.2) is 8.32 Å². The molecule has 0 atom stereocenters. The topological polar surface area (TPSA) is 9.23 Å². The van der Waals surface area contributed by atoms with Gasteiger partial charge in [-0.1, -0.05) is 72.4 Å². The second-order valence-electron chi connectivity index (χ2n) is 7.38. The highest BCUT2D eigenvalue weighted by atomic mass is 28.4. The monoisotopic (exact) mass is 276 g/mol. The zero-order valence-electron chi connectivity index (χ0n) is 13.5. The molecule has 1 nitrogen and oxygen atoms in total. The molecule has 0 spiro atoms. The van der Waals surface area contributed by atoms with Crippen LogP contribution in [0.5, 0.6) is 5.75 Å². The third-order valence-corrected chi connectivity index (χ3v) is 10.7. The van der Waals surface area contributed by atoms with E-state index in [1.165, 1.54) is 0 Å². The van der Waals surface area contributed by atoms with Crippen molar-refractivity contribution in [1.29, 1.82) is 0 Å². The van der Waals surface area contributed by atoms with Gasteiger partial charge in [-0.2, -0.15) is 0 Å². The highest BCUT2D eigenvalue weighted by Crippen LogP contribution is 2.51. The Hall–Kier alpha value is -1.02. The molecule has 0 N–H and O–H groups in total. The summed E-state index contributed by atoms with van der Waals surface area (Å²) in [5, 5.41) is 0.332. The van der Waals surface area contributed by atoms with Crippen LogP contribution in [0.4, 0.5) is 0 Å². The van der Waals surface area contributed by atoms with E-state index in [0.29, 0.717) is 0 Å². The lowest BCUT2D eigenvalue weighted by atomic mass is 10.2. The van der Waals surface area contributed by atoms with Crippen LogP contribution in [0.3, 0.4) is 0 Å². The number of para-hydroxylation sites is 1. The molecule has 0 amide bonds. The van der Waals surface area contributed by atoms with E-state index in [9.17, 15) is 0 Å². The van der Waals surface area contributed by atoms with Crippen molar-refractivity contribution in [2.75, 3.05) is 0 Å². The fraction of sp³-hybridized carbons (Fsp3) is 0.529. The summed E-state index contributed by atoms with van der Waals surface area (Å²) in [6, 6.07) is 8.17. The van der Waals surface area contributed by atoms with Crippen LogP contribution in [0.25, 0.3) is 6.08 Å². The standard InChI is InChI=1S/C17H28OSi/c1-9-14-12-10-11-13-15(14)18-19(8,16(2,3)4)17(5,6)7/h9-13H,1H2,2-8H3. The second-order valence-corrected chi connectivity index (χ2v) is 12.6. The molecule has 0 aliphatic heterocycles. The van der Waals surface area contributed by atoms with Gasteiger partial charge in [0.25, 0.3) is 8.32 Å². The summed E-state index contributed by atoms with van der Waals surface area (Å²) < 4.78 is 6.62. The maximum Gasteiger partial charge on any atom is 0.258 e. The molecule has 0 heterocycles. The molecule has 0 unspecified atom stereocenters. The number of rotatable bonds is 3. The molecule has 106 valence electrons. The van der Waals surface area contributed by atoms with Crippen molar-refractivity contribution in [3.05, 3.63) is 36.4 Å². The molecule has 0 aliphatic carbocycles. The number of hydrogen-bond donors (Lipinski definition) is 0. The largest absolute Gasteiger partial charge is 0.542 e. The van der Waals surface area contributed by atoms with Crippen molar-refractivity contribution in [3.8, 4) is 5.75 Å². The van der Waals surface area contributed by atoms with E-state index in [-0.39, 0.29) is 10.1 Å². The normalized spacial score (nSPS) is 13.2. The first-order valence-electron chi connectivity index (χ1n) is 6.93. The summed E-state index contributed by atoms with van der Waals surface area (Å²) in [4.78, 5) is 0. The molecule has 1 aromatic carbocycles. The molecule has 0 radical (unpaired) electrons. The Kier molecular flexibility index (Phi) is 4.35. The van der Waals surface area contributed by atoms with Crippen LogP contribution in [0, 0.1) is 0 Å². The Morgan fingerprint density at radius 1 is 1.00 bits per heavy atom. The molecule has 0 bridgehead atoms. The van der Waals surface area contributed by atoms with Crippen molar-refractivity contribution in [1.82, 2.24) is 0 Å². The van der Waals surface area contributed by atoms with Gasteiger partial charge >= 0.3 is 0 Å². The van der Waals surface area contributed by atoms with E-state index < -0.39 is 8.32 Å². The van der Waals surface area contributed by atoms with Crippen LogP contribution in [0.15, 0.2) is 30.8 Å². The van der Waals surface area contributed by atoms with Crippen LogP contribution in [-0.2, 0) is 0 Å². The van der Waals surface area contributed by atoms with E-state index in [4.69, 9.17) is 4.43 Å². The zero-order valence-corrected chi connectivity index (χ0v) is 14.5. The van der Waals surface area contributed by atoms with Crippen LogP contribution in [0.1, 0.15) is 47.1 Å². The van der Waals surface area contributed by atoms with Crippen LogP contribution in [0.2, 0.25) is 16.6 Å². The molecule has 0 saturated heterocycles. The van der Waals surface area contributed by atoms with Gasteiger partial charge in [0.15, 0.2) is 0 Å². The lowest BCUT2D eigenvalue weighted by Gasteiger charge is -2.48. The number of hydrogen-bond acceptors (Lipinski definition) is 1. The molecule has 19 heavy (non-hydrogen) atoms. The maximum atomic E-state index is 6.62. The van der Waals surface area contributed by atoms with Gasteiger partial charge in [-0.25, -0.2) is 0 Å². The highest BCUT2D eigenvalue weighted by molar-refractivity contribution is 6.78. The molecule has 1 rings (SSSR count). The predicted octanol–water partition coefficient (Wildman–Crippen LogP) is 5.88. The molecule has 0 fully saturated rings. The Morgan fingerprint density at radius 2 is 1.47 bits per heavy atom. The molecule has 2 heteroatoms. The van der Waals surface area contributed by atoms with E-state index in [1.807, 2.05) is 18.2 Å². The molecule has 0 aliphatic rings. The highest BCUT2D eigenvalue weighted by Gasteiger charge is 2.53. The van der Waals surface area contributed by atoms with Crippen molar-refractivity contribution in [2.24, 2.45) is 0 Å². The molecular formula is C17H28OSi. The first kappa shape index (κ1) is 16.0. The summed E-state index contributed by atoms with van der Waals surface area (Å²) in [5.41, 5.74) is 1.08. The fourth-order valence-electron chi connectivity index (χ4n) is 2.39. The van der Waals surface area contributed by atoms with Gasteiger partial charge < -0.3 is 4.43 Å². The minimum absolute atomic E-state index is 0.166. The Balaban J connectivity index is 3.28. The summed E-state index contributed by atoms with van der Waals surface area (Å²) in [7, 11) is -1.99. The Bertz CT molecular complexity index is 435. The molecule has 1 aromatic rings. The average Bonchev–Trinajstić information content (AvgIpc) is 2.26. The molecule has 0 aromatic heterocycles. The van der Waals surface area contributed by atoms with Gasteiger partial charge in [0.05, 0.1) is 0 Å². The van der Waals surface area contributed by atoms with Crippen LogP contribution < -0.4 is 4.43 Å². The van der Waals surface area contributed by atoms with Gasteiger partial charge in [-0.15, -0.1) is 0 Å². The van der Waals surface area contributed by atoms with Crippen molar-refractivity contribution in [3.63, 3.8) is 0 Å². The maximum absolute atomic E-state index is 6.62. The van der Waals surface area contributed by atoms with Crippen molar-refractivity contribution >= 4 is 14.4 Å². The number of benzene rings is 1. The lowest BCUT2D eigenvalue weighted by Crippen LogP contribution is -2.54. The average molecular weight is 276 g/mol. The quantitative estimate of drug-likeness (QED) is 0.626.